The van der Waals surface area contributed by atoms with Crippen LogP contribution < -0.4 is 5.32 Å². The Kier molecular flexibility index (Phi) is 7.89. The lowest BCUT2D eigenvalue weighted by molar-refractivity contribution is -0.162. The molecule has 0 saturated heterocycles. The van der Waals surface area contributed by atoms with E-state index in [0.717, 1.165) is 13.0 Å². The molecule has 2 atom stereocenters. The van der Waals surface area contributed by atoms with Crippen LogP contribution in [0.1, 0.15) is 31.7 Å². The molecule has 0 unspecified atom stereocenters. The van der Waals surface area contributed by atoms with Gasteiger partial charge in [0, 0.05) is 25.1 Å². The summed E-state index contributed by atoms with van der Waals surface area (Å²) in [6.45, 7) is 2.77. The maximum atomic E-state index is 13.2. The molecular weight excluding hydrogens is 361 g/mol. The van der Waals surface area contributed by atoms with Gasteiger partial charge in [-0.2, -0.15) is 13.2 Å². The lowest BCUT2D eigenvalue weighted by Gasteiger charge is -2.24. The number of aromatic nitrogens is 1. The summed E-state index contributed by atoms with van der Waals surface area (Å²) >= 11 is 5.69. The number of carbonyl (C=O) groups excluding carboxylic acids is 2. The van der Waals surface area contributed by atoms with Crippen LogP contribution in [0.15, 0.2) is 30.5 Å². The van der Waals surface area contributed by atoms with Crippen LogP contribution in [-0.2, 0) is 14.3 Å². The minimum atomic E-state index is -4.64. The molecule has 0 aliphatic carbocycles. The van der Waals surface area contributed by atoms with Crippen molar-refractivity contribution < 1.29 is 27.5 Å². The molecule has 0 aliphatic rings. The molecule has 1 aromatic rings. The zero-order valence-electron chi connectivity index (χ0n) is 13.6. The van der Waals surface area contributed by atoms with Crippen LogP contribution in [0.5, 0.6) is 0 Å². The maximum Gasteiger partial charge on any atom is 0.408 e. The molecule has 0 saturated carbocycles. The number of hydrogen-bond acceptors (Lipinski definition) is 4. The minimum absolute atomic E-state index is 0.146. The predicted molar refractivity (Wildman–Crippen MR) is 86.0 cm³/mol. The number of ether oxygens (including phenoxy) is 1. The van der Waals surface area contributed by atoms with Crippen LogP contribution in [0.25, 0.3) is 0 Å². The molecule has 0 bridgehead atoms. The molecule has 1 amide bonds. The highest BCUT2D eigenvalue weighted by Gasteiger charge is 2.41. The number of alkyl halides is 3. The van der Waals surface area contributed by atoms with Gasteiger partial charge in [0.25, 0.3) is 0 Å². The lowest BCUT2D eigenvalue weighted by Crippen LogP contribution is -2.45. The highest BCUT2D eigenvalue weighted by atomic mass is 35.5. The summed E-state index contributed by atoms with van der Waals surface area (Å²) in [4.78, 5) is 26.4. The number of halogens is 4. The molecule has 138 valence electrons. The van der Waals surface area contributed by atoms with E-state index in [9.17, 15) is 22.8 Å². The Balaban J connectivity index is 3.09. The number of esters is 1. The number of nitrogens with zero attached hydrogens (tertiary/aromatic N) is 1. The van der Waals surface area contributed by atoms with Crippen molar-refractivity contribution in [2.24, 2.45) is 0 Å². The first kappa shape index (κ1) is 21.0. The molecule has 0 aliphatic heterocycles. The monoisotopic (exact) mass is 378 g/mol. The Morgan fingerprint density at radius 1 is 1.40 bits per heavy atom. The van der Waals surface area contributed by atoms with Crippen molar-refractivity contribution >= 4 is 23.5 Å². The van der Waals surface area contributed by atoms with Crippen LogP contribution in [0.2, 0.25) is 5.15 Å². The summed E-state index contributed by atoms with van der Waals surface area (Å²) in [5.74, 6) is -2.30. The topological polar surface area (TPSA) is 68.3 Å². The highest BCUT2D eigenvalue weighted by Crippen LogP contribution is 2.30. The zero-order chi connectivity index (χ0) is 19.0. The molecule has 25 heavy (non-hydrogen) atoms. The highest BCUT2D eigenvalue weighted by molar-refractivity contribution is 6.29. The van der Waals surface area contributed by atoms with Gasteiger partial charge in [-0.05, 0) is 25.0 Å². The third-order valence-electron chi connectivity index (χ3n) is 3.19. The fourth-order valence-corrected chi connectivity index (χ4v) is 2.20. The van der Waals surface area contributed by atoms with E-state index < -0.39 is 36.4 Å². The van der Waals surface area contributed by atoms with E-state index in [1.807, 2.05) is 5.32 Å². The van der Waals surface area contributed by atoms with Crippen molar-refractivity contribution in [2.75, 3.05) is 6.61 Å². The standard InChI is InChI=1S/C16H18ClF3N2O3/c1-3-25-15(24)7-5-11(12-4-6-14(17)21-9-12)8-13(16(18,19)20)22-10(2)23/h4-7,9,11,13H,3,8H2,1-2H3,(H,22,23)/b7-5+/t11-,13-/m0/s1. The van der Waals surface area contributed by atoms with E-state index in [1.165, 1.54) is 24.4 Å². The molecule has 1 aromatic heterocycles. The Labute approximate surface area is 148 Å². The first-order valence-electron chi connectivity index (χ1n) is 7.43. The van der Waals surface area contributed by atoms with Crippen LogP contribution in [0, 0.1) is 0 Å². The van der Waals surface area contributed by atoms with Gasteiger partial charge >= 0.3 is 12.1 Å². The van der Waals surface area contributed by atoms with Gasteiger partial charge in [-0.25, -0.2) is 9.78 Å². The first-order chi connectivity index (χ1) is 11.6. The van der Waals surface area contributed by atoms with Gasteiger partial charge in [0.1, 0.15) is 11.2 Å². The van der Waals surface area contributed by atoms with Crippen molar-refractivity contribution in [2.45, 2.75) is 38.4 Å². The van der Waals surface area contributed by atoms with Gasteiger partial charge < -0.3 is 10.1 Å². The molecular formula is C16H18ClF3N2O3. The molecule has 0 radical (unpaired) electrons. The Bertz CT molecular complexity index is 618. The SMILES string of the molecule is CCOC(=O)/C=C/[C@@H](C[C@H](NC(C)=O)C(F)(F)F)c1ccc(Cl)nc1. The summed E-state index contributed by atoms with van der Waals surface area (Å²) in [7, 11) is 0. The van der Waals surface area contributed by atoms with Crippen molar-refractivity contribution in [3.63, 3.8) is 0 Å². The molecule has 1 N–H and O–H groups in total. The summed E-state index contributed by atoms with van der Waals surface area (Å²) in [6, 6.07) is 0.872. The van der Waals surface area contributed by atoms with E-state index in [2.05, 4.69) is 4.98 Å². The molecule has 5 nitrogen and oxygen atoms in total. The second-order valence-corrected chi connectivity index (χ2v) is 5.55. The van der Waals surface area contributed by atoms with Crippen molar-refractivity contribution in [1.82, 2.24) is 10.3 Å². The number of rotatable bonds is 7. The van der Waals surface area contributed by atoms with Crippen molar-refractivity contribution in [1.29, 1.82) is 0 Å². The number of allylic oxidation sites excluding steroid dienone is 1. The predicted octanol–water partition coefficient (Wildman–Crippen LogP) is 3.40. The normalized spacial score (nSPS) is 14.2. The fraction of sp³-hybridized carbons (Fsp3) is 0.438. The van der Waals surface area contributed by atoms with E-state index in [1.54, 1.807) is 6.92 Å². The number of amides is 1. The van der Waals surface area contributed by atoms with Crippen LogP contribution >= 0.6 is 11.6 Å². The quantitative estimate of drug-likeness (QED) is 0.448. The molecule has 9 heteroatoms. The second kappa shape index (κ2) is 9.41. The number of pyridine rings is 1. The molecule has 0 fully saturated rings. The zero-order valence-corrected chi connectivity index (χ0v) is 14.4. The number of nitrogens with one attached hydrogen (secondary N) is 1. The second-order valence-electron chi connectivity index (χ2n) is 5.16. The van der Waals surface area contributed by atoms with Crippen LogP contribution in [0.4, 0.5) is 13.2 Å². The third-order valence-corrected chi connectivity index (χ3v) is 3.42. The minimum Gasteiger partial charge on any atom is -0.463 e. The van der Waals surface area contributed by atoms with Gasteiger partial charge in [0.2, 0.25) is 5.91 Å². The van der Waals surface area contributed by atoms with Crippen molar-refractivity contribution in [3.05, 3.63) is 41.2 Å². The van der Waals surface area contributed by atoms with Crippen LogP contribution in [-0.4, -0.2) is 35.7 Å². The smallest absolute Gasteiger partial charge is 0.408 e. The number of hydrogen-bond donors (Lipinski definition) is 1. The number of carbonyl (C=O) groups is 2. The summed E-state index contributed by atoms with van der Waals surface area (Å²) < 4.78 is 44.2. The van der Waals surface area contributed by atoms with Gasteiger partial charge in [-0.3, -0.25) is 4.79 Å². The van der Waals surface area contributed by atoms with E-state index in [-0.39, 0.29) is 11.8 Å². The Hall–Kier alpha value is -2.09. The van der Waals surface area contributed by atoms with Crippen LogP contribution in [0.3, 0.4) is 0 Å². The molecule has 0 spiro atoms. The van der Waals surface area contributed by atoms with E-state index >= 15 is 0 Å². The lowest BCUT2D eigenvalue weighted by atomic mass is 9.92. The van der Waals surface area contributed by atoms with Crippen molar-refractivity contribution in [3.8, 4) is 0 Å². The Morgan fingerprint density at radius 2 is 2.08 bits per heavy atom. The third kappa shape index (κ3) is 7.55. The molecule has 0 aromatic carbocycles. The summed E-state index contributed by atoms with van der Waals surface area (Å²) in [6.07, 6.45) is -1.46. The average molecular weight is 379 g/mol. The van der Waals surface area contributed by atoms with Gasteiger partial charge in [0.15, 0.2) is 0 Å². The Morgan fingerprint density at radius 3 is 2.56 bits per heavy atom. The van der Waals surface area contributed by atoms with Gasteiger partial charge in [-0.1, -0.05) is 23.7 Å². The largest absolute Gasteiger partial charge is 0.463 e. The summed E-state index contributed by atoms with van der Waals surface area (Å²) in [5.41, 5.74) is 0.421. The average Bonchev–Trinajstić information content (AvgIpc) is 2.50. The van der Waals surface area contributed by atoms with Gasteiger partial charge in [-0.15, -0.1) is 0 Å². The fourth-order valence-electron chi connectivity index (χ4n) is 2.09. The summed E-state index contributed by atoms with van der Waals surface area (Å²) in [5, 5.41) is 2.07. The van der Waals surface area contributed by atoms with E-state index in [0.29, 0.717) is 5.56 Å². The van der Waals surface area contributed by atoms with E-state index in [4.69, 9.17) is 16.3 Å². The van der Waals surface area contributed by atoms with Gasteiger partial charge in [0.05, 0.1) is 6.61 Å². The first-order valence-corrected chi connectivity index (χ1v) is 7.81. The molecule has 1 heterocycles. The molecule has 1 rings (SSSR count). The maximum absolute atomic E-state index is 13.2.